The summed E-state index contributed by atoms with van der Waals surface area (Å²) in [4.78, 5) is 0. The first-order chi connectivity index (χ1) is 10.3. The van der Waals surface area contributed by atoms with Gasteiger partial charge in [0.15, 0.2) is 0 Å². The highest BCUT2D eigenvalue weighted by Gasteiger charge is 2.06. The molecule has 0 saturated carbocycles. The fraction of sp³-hybridized carbons (Fsp3) is 0.647. The minimum absolute atomic E-state index is 0.659. The van der Waals surface area contributed by atoms with Gasteiger partial charge in [0.05, 0.1) is 13.2 Å². The van der Waals surface area contributed by atoms with Gasteiger partial charge in [0, 0.05) is 38.3 Å². The molecule has 120 valence electrons. The van der Waals surface area contributed by atoms with E-state index in [1.807, 2.05) is 12.1 Å². The van der Waals surface area contributed by atoms with Gasteiger partial charge < -0.3 is 19.5 Å². The van der Waals surface area contributed by atoms with Crippen molar-refractivity contribution in [3.8, 4) is 11.5 Å². The lowest BCUT2D eigenvalue weighted by atomic mass is 10.2. The molecule has 0 unspecified atom stereocenters. The lowest BCUT2D eigenvalue weighted by molar-refractivity contribution is 0.171. The first-order valence-electron chi connectivity index (χ1n) is 7.90. The Labute approximate surface area is 128 Å². The molecule has 0 aliphatic rings. The molecule has 0 radical (unpaired) electrons. The summed E-state index contributed by atoms with van der Waals surface area (Å²) in [5.41, 5.74) is 1.17. The Hall–Kier alpha value is -1.26. The maximum absolute atomic E-state index is 5.89. The van der Waals surface area contributed by atoms with Crippen molar-refractivity contribution >= 4 is 0 Å². The predicted molar refractivity (Wildman–Crippen MR) is 86.2 cm³/mol. The van der Waals surface area contributed by atoms with Crippen LogP contribution in [0.5, 0.6) is 11.5 Å². The molecule has 21 heavy (non-hydrogen) atoms. The molecule has 0 aliphatic heterocycles. The van der Waals surface area contributed by atoms with Gasteiger partial charge >= 0.3 is 0 Å². The standard InChI is InChI=1S/C17H29NO3/c1-4-9-18-14-15-7-8-16(20-10-5-2)13-17(15)21-12-6-11-19-3/h7-8,13,18H,4-6,9-12,14H2,1-3H3. The third-order valence-corrected chi connectivity index (χ3v) is 3.00. The van der Waals surface area contributed by atoms with E-state index in [2.05, 4.69) is 25.2 Å². The van der Waals surface area contributed by atoms with E-state index < -0.39 is 0 Å². The minimum Gasteiger partial charge on any atom is -0.493 e. The Morgan fingerprint density at radius 2 is 1.86 bits per heavy atom. The van der Waals surface area contributed by atoms with Crippen molar-refractivity contribution in [1.82, 2.24) is 5.32 Å². The van der Waals surface area contributed by atoms with E-state index in [1.54, 1.807) is 7.11 Å². The van der Waals surface area contributed by atoms with Gasteiger partial charge in [-0.05, 0) is 25.5 Å². The molecule has 0 saturated heterocycles. The van der Waals surface area contributed by atoms with Crippen molar-refractivity contribution in [1.29, 1.82) is 0 Å². The molecule has 0 aromatic heterocycles. The van der Waals surface area contributed by atoms with Gasteiger partial charge in [0.1, 0.15) is 11.5 Å². The predicted octanol–water partition coefficient (Wildman–Crippen LogP) is 3.39. The molecule has 0 spiro atoms. The van der Waals surface area contributed by atoms with Crippen molar-refractivity contribution in [2.75, 3.05) is 33.5 Å². The molecule has 0 heterocycles. The second-order valence-electron chi connectivity index (χ2n) is 4.99. The topological polar surface area (TPSA) is 39.7 Å². The fourth-order valence-corrected chi connectivity index (χ4v) is 1.91. The van der Waals surface area contributed by atoms with E-state index in [0.29, 0.717) is 6.61 Å². The number of hydrogen-bond donors (Lipinski definition) is 1. The van der Waals surface area contributed by atoms with Gasteiger partial charge in [-0.3, -0.25) is 0 Å². The van der Waals surface area contributed by atoms with Crippen LogP contribution in [0, 0.1) is 0 Å². The van der Waals surface area contributed by atoms with Gasteiger partial charge in [-0.2, -0.15) is 0 Å². The van der Waals surface area contributed by atoms with Gasteiger partial charge in [-0.15, -0.1) is 0 Å². The number of ether oxygens (including phenoxy) is 3. The monoisotopic (exact) mass is 295 g/mol. The SMILES string of the molecule is CCCNCc1ccc(OCCC)cc1OCCCOC. The molecule has 0 atom stereocenters. The summed E-state index contributed by atoms with van der Waals surface area (Å²) in [7, 11) is 1.71. The molecule has 1 aromatic rings. The van der Waals surface area contributed by atoms with Crippen LogP contribution in [0.25, 0.3) is 0 Å². The first kappa shape index (κ1) is 17.8. The van der Waals surface area contributed by atoms with Crippen LogP contribution in [0.2, 0.25) is 0 Å². The molecule has 1 N–H and O–H groups in total. The summed E-state index contributed by atoms with van der Waals surface area (Å²) in [5.74, 6) is 1.78. The highest BCUT2D eigenvalue weighted by molar-refractivity contribution is 5.40. The van der Waals surface area contributed by atoms with Crippen molar-refractivity contribution < 1.29 is 14.2 Å². The Morgan fingerprint density at radius 1 is 1.00 bits per heavy atom. The van der Waals surface area contributed by atoms with E-state index in [4.69, 9.17) is 14.2 Å². The highest BCUT2D eigenvalue weighted by Crippen LogP contribution is 2.25. The minimum atomic E-state index is 0.659. The zero-order valence-electron chi connectivity index (χ0n) is 13.6. The van der Waals surface area contributed by atoms with E-state index in [9.17, 15) is 0 Å². The molecule has 1 aromatic carbocycles. The molecule has 4 nitrogen and oxygen atoms in total. The molecular formula is C17H29NO3. The van der Waals surface area contributed by atoms with Crippen molar-refractivity contribution in [2.45, 2.75) is 39.7 Å². The zero-order chi connectivity index (χ0) is 15.3. The van der Waals surface area contributed by atoms with Gasteiger partial charge in [0.25, 0.3) is 0 Å². The number of rotatable bonds is 12. The van der Waals surface area contributed by atoms with Crippen molar-refractivity contribution in [3.05, 3.63) is 23.8 Å². The average Bonchev–Trinajstić information content (AvgIpc) is 2.51. The highest BCUT2D eigenvalue weighted by atomic mass is 16.5. The maximum atomic E-state index is 5.89. The second-order valence-corrected chi connectivity index (χ2v) is 4.99. The normalized spacial score (nSPS) is 10.6. The first-order valence-corrected chi connectivity index (χ1v) is 7.90. The summed E-state index contributed by atoms with van der Waals surface area (Å²) in [6.45, 7) is 8.21. The van der Waals surface area contributed by atoms with Crippen LogP contribution >= 0.6 is 0 Å². The van der Waals surface area contributed by atoms with Crippen LogP contribution in [0.4, 0.5) is 0 Å². The van der Waals surface area contributed by atoms with Crippen molar-refractivity contribution in [3.63, 3.8) is 0 Å². The van der Waals surface area contributed by atoms with E-state index >= 15 is 0 Å². The number of methoxy groups -OCH3 is 1. The van der Waals surface area contributed by atoms with Crippen LogP contribution in [0.15, 0.2) is 18.2 Å². The van der Waals surface area contributed by atoms with Crippen LogP contribution in [0.1, 0.15) is 38.7 Å². The molecule has 0 aliphatic carbocycles. The molecule has 0 amide bonds. The molecule has 0 fully saturated rings. The van der Waals surface area contributed by atoms with Gasteiger partial charge in [-0.25, -0.2) is 0 Å². The Bertz CT molecular complexity index is 382. The van der Waals surface area contributed by atoms with Crippen LogP contribution in [-0.4, -0.2) is 33.5 Å². The molecule has 1 rings (SSSR count). The third-order valence-electron chi connectivity index (χ3n) is 3.00. The maximum Gasteiger partial charge on any atom is 0.127 e. The zero-order valence-corrected chi connectivity index (χ0v) is 13.6. The summed E-state index contributed by atoms with van der Waals surface area (Å²) in [5, 5.41) is 3.41. The van der Waals surface area contributed by atoms with E-state index in [0.717, 1.165) is 57.1 Å². The number of hydrogen-bond acceptors (Lipinski definition) is 4. The molecule has 0 bridgehead atoms. The number of benzene rings is 1. The van der Waals surface area contributed by atoms with Gasteiger partial charge in [-0.1, -0.05) is 19.9 Å². The smallest absolute Gasteiger partial charge is 0.127 e. The largest absolute Gasteiger partial charge is 0.493 e. The summed E-state index contributed by atoms with van der Waals surface area (Å²) < 4.78 is 16.6. The quantitative estimate of drug-likeness (QED) is 0.600. The summed E-state index contributed by atoms with van der Waals surface area (Å²) in [6, 6.07) is 6.09. The number of nitrogens with one attached hydrogen (secondary N) is 1. The summed E-state index contributed by atoms with van der Waals surface area (Å²) >= 11 is 0. The third kappa shape index (κ3) is 7.34. The van der Waals surface area contributed by atoms with Crippen LogP contribution in [0.3, 0.4) is 0 Å². The lowest BCUT2D eigenvalue weighted by Crippen LogP contribution is -2.15. The van der Waals surface area contributed by atoms with E-state index in [-0.39, 0.29) is 0 Å². The fourth-order valence-electron chi connectivity index (χ4n) is 1.91. The van der Waals surface area contributed by atoms with E-state index in [1.165, 1.54) is 5.56 Å². The Morgan fingerprint density at radius 3 is 2.57 bits per heavy atom. The Balaban J connectivity index is 2.64. The average molecular weight is 295 g/mol. The molecule has 4 heteroatoms. The summed E-state index contributed by atoms with van der Waals surface area (Å²) in [6.07, 6.45) is 3.02. The Kier molecular flexibility index (Phi) is 9.66. The van der Waals surface area contributed by atoms with Crippen molar-refractivity contribution in [2.24, 2.45) is 0 Å². The molecular weight excluding hydrogens is 266 g/mol. The van der Waals surface area contributed by atoms with Gasteiger partial charge in [0.2, 0.25) is 0 Å². The van der Waals surface area contributed by atoms with Crippen LogP contribution in [-0.2, 0) is 11.3 Å². The van der Waals surface area contributed by atoms with Crippen LogP contribution < -0.4 is 14.8 Å². The second kappa shape index (κ2) is 11.4. The lowest BCUT2D eigenvalue weighted by Gasteiger charge is -2.14.